The van der Waals surface area contributed by atoms with Crippen molar-refractivity contribution in [2.24, 2.45) is 0 Å². The van der Waals surface area contributed by atoms with Gasteiger partial charge in [0.15, 0.2) is 0 Å². The van der Waals surface area contributed by atoms with Gasteiger partial charge >= 0.3 is 0 Å². The van der Waals surface area contributed by atoms with Crippen molar-refractivity contribution in [3.8, 4) is 0 Å². The molecule has 0 aromatic heterocycles. The molecule has 0 amide bonds. The number of nitrogens with zero attached hydrogens (tertiary/aromatic N) is 2. The normalized spacial score (nSPS) is 7.57. The second-order valence-corrected chi connectivity index (χ2v) is 1.08. The number of rotatable bonds is 3. The molecule has 0 N–H and O–H groups in total. The predicted molar refractivity (Wildman–Crippen MR) is 26.2 cm³/mol. The summed E-state index contributed by atoms with van der Waals surface area (Å²) in [6.07, 6.45) is 2.07. The average molecular weight is 100 g/mol. The monoisotopic (exact) mass is 100 g/mol. The molecule has 0 bridgehead atoms. The van der Waals surface area contributed by atoms with Gasteiger partial charge in [-0.1, -0.05) is 0 Å². The Labute approximate surface area is 42.5 Å². The van der Waals surface area contributed by atoms with Crippen LogP contribution in [0.25, 0.3) is 5.53 Å². The summed E-state index contributed by atoms with van der Waals surface area (Å²) < 4.78 is 4.64. The van der Waals surface area contributed by atoms with Crippen LogP contribution in [0.2, 0.25) is 0 Å². The minimum Gasteiger partial charge on any atom is -0.384 e. The van der Waals surface area contributed by atoms with Crippen molar-refractivity contribution in [2.45, 2.75) is 6.42 Å². The van der Waals surface area contributed by atoms with Crippen LogP contribution in [0, 0.1) is 0 Å². The van der Waals surface area contributed by atoms with E-state index in [1.54, 1.807) is 7.11 Å². The average Bonchev–Trinajstić information content (AvgIpc) is 1.69. The van der Waals surface area contributed by atoms with Crippen molar-refractivity contribution in [1.82, 2.24) is 0 Å². The fourth-order valence-electron chi connectivity index (χ4n) is 0.228. The van der Waals surface area contributed by atoms with Crippen molar-refractivity contribution >= 4 is 6.21 Å². The smallest absolute Gasteiger partial charge is 0.259 e. The highest BCUT2D eigenvalue weighted by atomic mass is 16.5. The van der Waals surface area contributed by atoms with Crippen LogP contribution in [0.4, 0.5) is 0 Å². The van der Waals surface area contributed by atoms with Gasteiger partial charge in [-0.05, 0) is 0 Å². The molecule has 0 aromatic rings. The SMILES string of the molecule is COCCC=[N+]=[N-]. The van der Waals surface area contributed by atoms with E-state index in [-0.39, 0.29) is 0 Å². The maximum Gasteiger partial charge on any atom is 0.259 e. The largest absolute Gasteiger partial charge is 0.384 e. The summed E-state index contributed by atoms with van der Waals surface area (Å²) in [4.78, 5) is 2.77. The highest BCUT2D eigenvalue weighted by molar-refractivity contribution is 5.49. The Morgan fingerprint density at radius 1 is 1.86 bits per heavy atom. The quantitative estimate of drug-likeness (QED) is 0.218. The molecule has 0 aliphatic rings. The zero-order valence-electron chi connectivity index (χ0n) is 4.29. The lowest BCUT2D eigenvalue weighted by Crippen LogP contribution is -1.87. The maximum atomic E-state index is 7.81. The molecule has 0 fully saturated rings. The molecule has 0 spiro atoms. The van der Waals surface area contributed by atoms with Crippen LogP contribution in [-0.2, 0) is 4.74 Å². The Balaban J connectivity index is 2.83. The van der Waals surface area contributed by atoms with E-state index in [1.165, 1.54) is 6.21 Å². The van der Waals surface area contributed by atoms with E-state index in [2.05, 4.69) is 9.53 Å². The highest BCUT2D eigenvalue weighted by Crippen LogP contribution is 1.69. The first-order chi connectivity index (χ1) is 3.41. The minimum atomic E-state index is 0.615. The Bertz CT molecular complexity index is 75.8. The first-order valence-electron chi connectivity index (χ1n) is 2.06. The number of hydrogen-bond donors (Lipinski definition) is 0. The van der Waals surface area contributed by atoms with Gasteiger partial charge in [0.05, 0.1) is 13.0 Å². The Kier molecular flexibility index (Phi) is 4.84. The van der Waals surface area contributed by atoms with Gasteiger partial charge in [0, 0.05) is 7.11 Å². The summed E-state index contributed by atoms with van der Waals surface area (Å²) in [7, 11) is 1.60. The molecule has 40 valence electrons. The maximum absolute atomic E-state index is 7.81. The van der Waals surface area contributed by atoms with Gasteiger partial charge in [0.25, 0.3) is 6.21 Å². The van der Waals surface area contributed by atoms with Gasteiger partial charge in [0.2, 0.25) is 0 Å². The molecular weight excluding hydrogens is 92.1 g/mol. The fraction of sp³-hybridized carbons (Fsp3) is 0.750. The van der Waals surface area contributed by atoms with E-state index in [0.717, 1.165) is 0 Å². The van der Waals surface area contributed by atoms with Crippen LogP contribution in [-0.4, -0.2) is 24.7 Å². The van der Waals surface area contributed by atoms with Gasteiger partial charge in [-0.25, -0.2) is 0 Å². The lowest BCUT2D eigenvalue weighted by Gasteiger charge is -1.82. The third kappa shape index (κ3) is 5.34. The van der Waals surface area contributed by atoms with Crippen LogP contribution in [0.15, 0.2) is 0 Å². The van der Waals surface area contributed by atoms with Crippen molar-refractivity contribution in [3.63, 3.8) is 0 Å². The molecule has 0 aliphatic carbocycles. The van der Waals surface area contributed by atoms with Gasteiger partial charge in [-0.3, -0.25) is 0 Å². The minimum absolute atomic E-state index is 0.615. The lowest BCUT2D eigenvalue weighted by atomic mass is 10.5. The van der Waals surface area contributed by atoms with Crippen LogP contribution >= 0.6 is 0 Å². The lowest BCUT2D eigenvalue weighted by molar-refractivity contribution is -0.000723. The number of ether oxygens (including phenoxy) is 1. The van der Waals surface area contributed by atoms with Crippen molar-refractivity contribution in [3.05, 3.63) is 5.53 Å². The van der Waals surface area contributed by atoms with Crippen molar-refractivity contribution in [2.75, 3.05) is 13.7 Å². The molecule has 7 heavy (non-hydrogen) atoms. The van der Waals surface area contributed by atoms with E-state index >= 15 is 0 Å². The Morgan fingerprint density at radius 2 is 2.57 bits per heavy atom. The zero-order valence-corrected chi connectivity index (χ0v) is 4.29. The van der Waals surface area contributed by atoms with E-state index < -0.39 is 0 Å². The molecule has 0 saturated heterocycles. The second kappa shape index (κ2) is 5.34. The summed E-state index contributed by atoms with van der Waals surface area (Å²) in [5, 5.41) is 0. The third-order valence-corrected chi connectivity index (χ3v) is 0.533. The summed E-state index contributed by atoms with van der Waals surface area (Å²) in [5.74, 6) is 0. The first kappa shape index (κ1) is 6.34. The van der Waals surface area contributed by atoms with Crippen molar-refractivity contribution in [1.29, 1.82) is 0 Å². The molecule has 0 atom stereocenters. The number of methoxy groups -OCH3 is 1. The molecule has 3 heteroatoms. The molecule has 3 nitrogen and oxygen atoms in total. The highest BCUT2D eigenvalue weighted by Gasteiger charge is 1.79. The Morgan fingerprint density at radius 3 is 3.00 bits per heavy atom. The summed E-state index contributed by atoms with van der Waals surface area (Å²) in [6.45, 7) is 0.615. The van der Waals surface area contributed by atoms with E-state index in [0.29, 0.717) is 13.0 Å². The molecule has 0 saturated carbocycles. The topological polar surface area (TPSA) is 45.6 Å². The van der Waals surface area contributed by atoms with Crippen LogP contribution in [0.3, 0.4) is 0 Å². The van der Waals surface area contributed by atoms with Gasteiger partial charge in [-0.2, -0.15) is 4.79 Å². The van der Waals surface area contributed by atoms with E-state index in [4.69, 9.17) is 5.53 Å². The molecule has 0 aliphatic heterocycles. The van der Waals surface area contributed by atoms with Gasteiger partial charge in [0.1, 0.15) is 0 Å². The third-order valence-electron chi connectivity index (χ3n) is 0.533. The molecule has 0 rings (SSSR count). The molecule has 0 radical (unpaired) electrons. The molecular formula is C4H8N2O. The number of hydrogen-bond acceptors (Lipinski definition) is 1. The fourth-order valence-corrected chi connectivity index (χ4v) is 0.228. The van der Waals surface area contributed by atoms with Gasteiger partial charge in [-0.15, -0.1) is 0 Å². The predicted octanol–water partition coefficient (Wildman–Crippen LogP) is 0.324. The molecule has 0 unspecified atom stereocenters. The molecule has 0 aromatic carbocycles. The zero-order chi connectivity index (χ0) is 5.54. The van der Waals surface area contributed by atoms with Crippen LogP contribution < -0.4 is 0 Å². The summed E-state index contributed by atoms with van der Waals surface area (Å²) in [6, 6.07) is 0. The van der Waals surface area contributed by atoms with E-state index in [1.807, 2.05) is 0 Å². The molecule has 0 heterocycles. The van der Waals surface area contributed by atoms with E-state index in [9.17, 15) is 0 Å². The standard InChI is InChI=1S/C4H8N2O/c1-7-4-2-3-6-5/h3H,2,4H2,1H3. The second-order valence-electron chi connectivity index (χ2n) is 1.08. The Hall–Kier alpha value is -0.660. The van der Waals surface area contributed by atoms with Crippen LogP contribution in [0.5, 0.6) is 0 Å². The summed E-state index contributed by atoms with van der Waals surface area (Å²) >= 11 is 0. The van der Waals surface area contributed by atoms with Crippen LogP contribution in [0.1, 0.15) is 6.42 Å². The first-order valence-corrected chi connectivity index (χ1v) is 2.06. The van der Waals surface area contributed by atoms with Crippen molar-refractivity contribution < 1.29 is 9.53 Å². The van der Waals surface area contributed by atoms with Gasteiger partial charge < -0.3 is 10.3 Å². The summed E-state index contributed by atoms with van der Waals surface area (Å²) in [5.41, 5.74) is 7.81.